The topological polar surface area (TPSA) is 730 Å². The molecule has 6 unspecified atom stereocenters. The van der Waals surface area contributed by atoms with Crippen LogP contribution in [0.5, 0.6) is 5.75 Å². The van der Waals surface area contributed by atoms with E-state index in [0.717, 1.165) is 16.7 Å². The molecule has 3 aromatic rings. The van der Waals surface area contributed by atoms with E-state index in [-0.39, 0.29) is 133 Å². The molecule has 45 nitrogen and oxygen atoms in total. The SMILES string of the molecule is CC(=O)CCCOCCC(=O)NCCCCCC(=O)C[C@H](C(=O)N[C@H](CO)C(=O)C[C@H]1CCNC(=O)[C@H]([C@@H](C)O)CC(=O)[C@H](CCN)NC(=O)[C@H](CCN)NC(=O)[C@H](CC(C)C)NC(=O)[C@@H](Cc2ccccc2)CC(=O)[C@H](CCN)NC1=O)[C@@H](C)O.CC(=O)NC1[C@H](OCCCCC(=O)COc2ccc(-c3cccc(C)c3)cc2)OC(CO)[C@@H](O[C@@H]2OC(CO)[C@H](O)[C@H](O[C@H]3OC(CO)[C@H](O)[C@H](O)C3O)C2O)[C@@H]1O. The van der Waals surface area contributed by atoms with Crippen LogP contribution in [0.4, 0.5) is 0 Å². The Balaban J connectivity index is 0.000000473. The summed E-state index contributed by atoms with van der Waals surface area (Å²) in [5.41, 5.74) is 21.6. The molecule has 8 amide bonds. The van der Waals surface area contributed by atoms with Crippen LogP contribution in [-0.2, 0) is 107 Å². The number of aliphatic hydroxyl groups excluding tert-OH is 12. The van der Waals surface area contributed by atoms with Gasteiger partial charge in [0.2, 0.25) is 47.3 Å². The first-order valence-electron chi connectivity index (χ1n) is 49.3. The third kappa shape index (κ3) is 40.9. The molecule has 0 aromatic heterocycles. The minimum atomic E-state index is -1.94. The van der Waals surface area contributed by atoms with E-state index < -0.39 is 269 Å². The van der Waals surface area contributed by atoms with Gasteiger partial charge in [0.1, 0.15) is 115 Å². The molecule has 4 fully saturated rings. The van der Waals surface area contributed by atoms with Crippen LogP contribution in [0, 0.1) is 36.5 Å². The van der Waals surface area contributed by atoms with E-state index in [1.54, 1.807) is 42.5 Å². The number of carbonyl (C=O) groups excluding carboxylic acids is 14. The molecule has 7 rings (SSSR count). The number of rotatable bonds is 51. The van der Waals surface area contributed by atoms with Crippen LogP contribution in [0.15, 0.2) is 78.9 Å². The standard InChI is InChI=1S/C60H98N10O16.C39H55NO18/c1-36(2)29-49-60(85)68-48(19-24-63)59(84)67-47(18-23-62)53(78)34-45(39(5)74)57(82)65-26-20-41(55(80)66-46(17-22-61)51(76)32-42(56(81)69-49)30-40-14-8-6-9-15-40)31-52(77)50(35-71)70-58(83)44(38(4)73)33-43(75)16-10-7-11-25-64-54(79)21-28-86-27-12-13-37(3)72;1-19-6-5-7-22(14-19)21-9-11-24(12-10-21)53-18-23(45)8-3-4-13-52-37-28(40-20(2)44)31(48)35(27(17-43)56-37)57-39-34(51)36(30(47)26(16-42)55-39)58-38-33(50)32(49)29(46)25(15-41)54-38/h6,8-9,14-15,36,38-39,41-42,44-50,71,73-74H,7,10-13,16-35,61-63H2,1-5H3,(H,64,79)(H,65,82)(H,66,80)(H,67,84)(H,68,85)(H,69,81)(H,70,83);5-7,9-12,14,25-39,41-43,46-51H,3-4,8,13,15-18H2,1-2H3,(H,40,44)/t38-,39-,41-,42+,44+,45+,46+,47+,48+,49+,50-;25?,26?,27?,28?,29-,30-,31+,32-,33?,34?,35+,36-,37+,38+,39-/m10/s1. The summed E-state index contributed by atoms with van der Waals surface area (Å²) in [7, 11) is 0. The van der Waals surface area contributed by atoms with E-state index in [9.17, 15) is 128 Å². The lowest BCUT2D eigenvalue weighted by atomic mass is 9.89. The number of benzene rings is 3. The smallest absolute Gasteiger partial charge is 0.243 e. The molecule has 0 bridgehead atoms. The quantitative estimate of drug-likeness (QED) is 0.0241. The lowest BCUT2D eigenvalue weighted by molar-refractivity contribution is -0.376. The van der Waals surface area contributed by atoms with E-state index in [0.29, 0.717) is 69.4 Å². The van der Waals surface area contributed by atoms with Crippen LogP contribution in [0.3, 0.4) is 0 Å². The summed E-state index contributed by atoms with van der Waals surface area (Å²) >= 11 is 0. The number of nitrogens with one attached hydrogen (secondary N) is 8. The van der Waals surface area contributed by atoms with E-state index in [1.165, 1.54) is 27.7 Å². The fourth-order valence-corrected chi connectivity index (χ4v) is 16.8. The molecule has 45 heteroatoms. The first-order valence-corrected chi connectivity index (χ1v) is 49.3. The summed E-state index contributed by atoms with van der Waals surface area (Å²) in [5, 5.41) is 147. The van der Waals surface area contributed by atoms with Gasteiger partial charge < -0.3 is 164 Å². The highest BCUT2D eigenvalue weighted by Crippen LogP contribution is 2.35. The number of nitrogens with two attached hydrogens (primary N) is 3. The van der Waals surface area contributed by atoms with Crippen molar-refractivity contribution in [1.29, 1.82) is 0 Å². The minimum absolute atomic E-state index is 0.00161. The zero-order chi connectivity index (χ0) is 106. The Bertz CT molecular complexity index is 4500. The van der Waals surface area contributed by atoms with Crippen molar-refractivity contribution in [3.05, 3.63) is 90.0 Å². The number of hydrogen-bond acceptors (Lipinski definition) is 37. The summed E-state index contributed by atoms with van der Waals surface area (Å²) in [6.45, 7) is 7.70. The largest absolute Gasteiger partial charge is 0.486 e. The Hall–Kier alpha value is -9.64. The van der Waals surface area contributed by atoms with Crippen LogP contribution >= 0.6 is 0 Å². The Labute approximate surface area is 837 Å². The van der Waals surface area contributed by atoms with Gasteiger partial charge in [0.05, 0.1) is 69.2 Å². The molecule has 4 aliphatic rings. The number of ketones is 6. The van der Waals surface area contributed by atoms with Gasteiger partial charge in [0.15, 0.2) is 42.0 Å². The zero-order valence-electron chi connectivity index (χ0n) is 83.0. The number of carbonyl (C=O) groups is 14. The highest BCUT2D eigenvalue weighted by Gasteiger charge is 2.55. The van der Waals surface area contributed by atoms with Crippen molar-refractivity contribution in [3.63, 3.8) is 0 Å². The molecule has 3 aromatic carbocycles. The summed E-state index contributed by atoms with van der Waals surface area (Å²) < 4.78 is 45.2. The van der Waals surface area contributed by atoms with Crippen molar-refractivity contribution in [2.24, 2.45) is 46.8 Å². The van der Waals surface area contributed by atoms with Gasteiger partial charge in [0, 0.05) is 96.4 Å². The first kappa shape index (κ1) is 123. The van der Waals surface area contributed by atoms with Gasteiger partial charge in [-0.1, -0.05) is 92.6 Å². The van der Waals surface area contributed by atoms with Crippen molar-refractivity contribution in [2.75, 3.05) is 85.6 Å². The second-order valence-electron chi connectivity index (χ2n) is 37.4. The molecular formula is C99H153N11O34. The van der Waals surface area contributed by atoms with Crippen molar-refractivity contribution in [1.82, 2.24) is 42.5 Å². The maximum atomic E-state index is 14.5. The third-order valence-corrected chi connectivity index (χ3v) is 25.1. The highest BCUT2D eigenvalue weighted by atomic mass is 16.8. The second-order valence-corrected chi connectivity index (χ2v) is 37.4. The molecule has 26 N–H and O–H groups in total. The monoisotopic (exact) mass is 2040 g/mol. The maximum Gasteiger partial charge on any atom is 0.243 e. The van der Waals surface area contributed by atoms with Gasteiger partial charge in [-0.3, -0.25) is 62.3 Å². The predicted octanol–water partition coefficient (Wildman–Crippen LogP) is -3.84. The van der Waals surface area contributed by atoms with Crippen LogP contribution in [0.1, 0.15) is 175 Å². The van der Waals surface area contributed by atoms with Crippen LogP contribution in [-0.4, -0.2) is 363 Å². The summed E-state index contributed by atoms with van der Waals surface area (Å²) in [6.07, 6.45) is -25.1. The minimum Gasteiger partial charge on any atom is -0.486 e. The molecule has 808 valence electrons. The summed E-state index contributed by atoms with van der Waals surface area (Å²) in [5.74, 6) is -13.4. The number of unbranched alkanes of at least 4 members (excludes halogenated alkanes) is 3. The maximum absolute atomic E-state index is 14.5. The average Bonchev–Trinajstić information content (AvgIpc) is 0.771. The number of ether oxygens (including phenoxy) is 8. The van der Waals surface area contributed by atoms with Crippen LogP contribution in [0.2, 0.25) is 0 Å². The zero-order valence-corrected chi connectivity index (χ0v) is 83.0. The predicted molar refractivity (Wildman–Crippen MR) is 515 cm³/mol. The third-order valence-electron chi connectivity index (χ3n) is 25.1. The lowest BCUT2D eigenvalue weighted by Gasteiger charge is -2.48. The van der Waals surface area contributed by atoms with Crippen LogP contribution in [0.25, 0.3) is 11.1 Å². The summed E-state index contributed by atoms with van der Waals surface area (Å²) in [4.78, 5) is 188. The molecule has 144 heavy (non-hydrogen) atoms. The molecular weight excluding hydrogens is 1890 g/mol. The van der Waals surface area contributed by atoms with Crippen molar-refractivity contribution < 1.29 is 166 Å². The molecule has 26 atom stereocenters. The van der Waals surface area contributed by atoms with Gasteiger partial charge in [-0.05, 0) is 153 Å². The fraction of sp³-hybridized carbons (Fsp3) is 0.677. The van der Waals surface area contributed by atoms with Gasteiger partial charge >= 0.3 is 0 Å². The lowest BCUT2D eigenvalue weighted by Crippen LogP contribution is -2.68. The second kappa shape index (κ2) is 64.5. The average molecular weight is 2040 g/mol. The van der Waals surface area contributed by atoms with Gasteiger partial charge in [-0.25, -0.2) is 0 Å². The number of Topliss-reactive ketones (excluding diaryl/α,β-unsaturated/α-hetero) is 6. The molecule has 0 saturated carbocycles. The van der Waals surface area contributed by atoms with E-state index >= 15 is 0 Å². The molecule has 0 radical (unpaired) electrons. The molecule has 4 aliphatic heterocycles. The van der Waals surface area contributed by atoms with Crippen molar-refractivity contribution >= 4 is 82.0 Å². The molecule has 0 aliphatic carbocycles. The number of aliphatic hydroxyl groups is 12. The number of amides is 8. The van der Waals surface area contributed by atoms with Crippen LogP contribution < -0.4 is 64.5 Å². The van der Waals surface area contributed by atoms with E-state index in [2.05, 4.69) is 48.6 Å². The van der Waals surface area contributed by atoms with Gasteiger partial charge in [-0.15, -0.1) is 0 Å². The molecule has 4 heterocycles. The fourth-order valence-electron chi connectivity index (χ4n) is 16.8. The Morgan fingerprint density at radius 2 is 1.12 bits per heavy atom. The highest BCUT2D eigenvalue weighted by molar-refractivity contribution is 5.99. The van der Waals surface area contributed by atoms with Gasteiger partial charge in [-0.2, -0.15) is 0 Å². The Kier molecular flexibility index (Phi) is 55.1. The first-order chi connectivity index (χ1) is 68.6. The number of aryl methyl sites for hydroxylation is 1. The van der Waals surface area contributed by atoms with E-state index in [4.69, 9.17) is 55.1 Å². The van der Waals surface area contributed by atoms with Gasteiger partial charge in [0.25, 0.3) is 0 Å². The van der Waals surface area contributed by atoms with E-state index in [1.807, 2.05) is 51.1 Å². The molecule has 0 spiro atoms. The molecule has 4 saturated heterocycles. The number of hydrogen-bond donors (Lipinski definition) is 23. The normalized spacial score (nSPS) is 27.5. The van der Waals surface area contributed by atoms with Crippen molar-refractivity contribution in [2.45, 2.75) is 311 Å². The Morgan fingerprint density at radius 1 is 0.542 bits per heavy atom. The Morgan fingerprint density at radius 3 is 1.74 bits per heavy atom. The summed E-state index contributed by atoms with van der Waals surface area (Å²) in [6, 6.07) is 16.1. The van der Waals surface area contributed by atoms with Crippen molar-refractivity contribution in [3.8, 4) is 16.9 Å².